The number of hydrogen-bond acceptors (Lipinski definition) is 7. The Kier molecular flexibility index (Phi) is 7.67. The Balaban J connectivity index is 1.44. The van der Waals surface area contributed by atoms with E-state index in [1.54, 1.807) is 7.11 Å². The maximum absolute atomic E-state index is 14.0. The fourth-order valence-corrected chi connectivity index (χ4v) is 6.11. The van der Waals surface area contributed by atoms with Crippen molar-refractivity contribution in [3.05, 3.63) is 53.2 Å². The summed E-state index contributed by atoms with van der Waals surface area (Å²) in [6.45, 7) is 9.26. The maximum Gasteiger partial charge on any atom is 0.326 e. The number of methoxy groups -OCH3 is 1. The molecule has 0 radical (unpaired) electrons. The molecule has 0 bridgehead atoms. The lowest BCUT2D eigenvalue weighted by Crippen LogP contribution is -2.54. The van der Waals surface area contributed by atoms with Crippen LogP contribution in [0, 0.1) is 0 Å². The van der Waals surface area contributed by atoms with E-state index >= 15 is 0 Å². The molecule has 1 atom stereocenters. The summed E-state index contributed by atoms with van der Waals surface area (Å²) >= 11 is 0. The van der Waals surface area contributed by atoms with E-state index in [4.69, 9.17) is 9.72 Å². The van der Waals surface area contributed by atoms with Crippen molar-refractivity contribution in [2.45, 2.75) is 57.2 Å². The molecule has 0 saturated carbocycles. The van der Waals surface area contributed by atoms with Crippen LogP contribution >= 0.6 is 0 Å². The molecule has 9 nitrogen and oxygen atoms in total. The number of anilines is 1. The Hall–Kier alpha value is -2.72. The minimum atomic E-state index is -0.357. The predicted molar refractivity (Wildman–Crippen MR) is 144 cm³/mol. The van der Waals surface area contributed by atoms with Crippen LogP contribution in [0.3, 0.4) is 0 Å². The van der Waals surface area contributed by atoms with E-state index in [9.17, 15) is 9.90 Å². The van der Waals surface area contributed by atoms with Crippen molar-refractivity contribution in [2.24, 2.45) is 0 Å². The molecule has 1 aromatic carbocycles. The topological polar surface area (TPSA) is 93.2 Å². The third kappa shape index (κ3) is 5.31. The van der Waals surface area contributed by atoms with Crippen LogP contribution in [0.1, 0.15) is 49.4 Å². The van der Waals surface area contributed by atoms with Crippen LogP contribution in [-0.2, 0) is 13.0 Å². The number of hydrazine groups is 1. The van der Waals surface area contributed by atoms with E-state index in [-0.39, 0.29) is 17.7 Å². The summed E-state index contributed by atoms with van der Waals surface area (Å²) in [6.07, 6.45) is 2.20. The van der Waals surface area contributed by atoms with E-state index < -0.39 is 0 Å². The van der Waals surface area contributed by atoms with Crippen LogP contribution in [0.25, 0.3) is 0 Å². The quantitative estimate of drug-likeness (QED) is 0.505. The number of pyridine rings is 1. The van der Waals surface area contributed by atoms with Gasteiger partial charge in [0.25, 0.3) is 0 Å². The molecule has 9 heteroatoms. The van der Waals surface area contributed by atoms with Crippen LogP contribution < -0.4 is 20.5 Å². The number of aryl methyl sites for hydroxylation is 1. The minimum Gasteiger partial charge on any atom is -0.497 e. The number of aliphatic hydroxyl groups is 1. The van der Waals surface area contributed by atoms with Gasteiger partial charge >= 0.3 is 6.03 Å². The number of aromatic nitrogens is 1. The number of carbonyl (C=O) groups excluding carboxylic acids is 1. The average molecular weight is 509 g/mol. The largest absolute Gasteiger partial charge is 0.497 e. The summed E-state index contributed by atoms with van der Waals surface area (Å²) in [4.78, 5) is 25.3. The number of β-amino-alcohol motifs (C(OH)–C–C–N with tert-alkyl or cyclic N) is 1. The number of carbonyl (C=O) groups is 1. The molecular weight excluding hydrogens is 468 g/mol. The normalized spacial score (nSPS) is 21.2. The summed E-state index contributed by atoms with van der Waals surface area (Å²) in [7, 11) is 1.67. The fraction of sp³-hybridized carbons (Fsp3) is 0.571. The molecule has 2 amide bonds. The van der Waals surface area contributed by atoms with Gasteiger partial charge in [-0.1, -0.05) is 25.1 Å². The van der Waals surface area contributed by atoms with Crippen molar-refractivity contribution in [3.63, 3.8) is 0 Å². The van der Waals surface area contributed by atoms with Gasteiger partial charge in [-0.05, 0) is 55.5 Å². The molecule has 4 heterocycles. The number of piperidine rings is 1. The lowest BCUT2D eigenvalue weighted by Gasteiger charge is -2.44. The number of likely N-dealkylation sites (tertiary alicyclic amines) is 1. The number of nitrogens with zero attached hydrogens (tertiary/aromatic N) is 4. The van der Waals surface area contributed by atoms with Crippen molar-refractivity contribution >= 4 is 11.8 Å². The maximum atomic E-state index is 14.0. The molecule has 1 unspecified atom stereocenters. The Morgan fingerprint density at radius 3 is 2.62 bits per heavy atom. The van der Waals surface area contributed by atoms with Crippen LogP contribution in [0.2, 0.25) is 0 Å². The second-order valence-corrected chi connectivity index (χ2v) is 10.7. The molecule has 1 spiro atoms. The monoisotopic (exact) mass is 508 g/mol. The second-order valence-electron chi connectivity index (χ2n) is 10.7. The molecule has 3 aliphatic rings. The lowest BCUT2D eigenvalue weighted by atomic mass is 9.86. The Morgan fingerprint density at radius 1 is 1.19 bits per heavy atom. The number of ether oxygens (including phenoxy) is 1. The SMILES string of the molecule is CCc1nc(N2CC3(CCN(CC(C)O)CC3)N(Cc3cccc(OC)c3)C2=O)ccc1C1CNNC1. The highest BCUT2D eigenvalue weighted by Crippen LogP contribution is 2.39. The van der Waals surface area contributed by atoms with Gasteiger partial charge in [-0.2, -0.15) is 0 Å². The first-order chi connectivity index (χ1) is 17.9. The fourth-order valence-electron chi connectivity index (χ4n) is 6.11. The Morgan fingerprint density at radius 2 is 1.95 bits per heavy atom. The van der Waals surface area contributed by atoms with Crippen molar-refractivity contribution in [2.75, 3.05) is 51.3 Å². The first-order valence-corrected chi connectivity index (χ1v) is 13.5. The first kappa shape index (κ1) is 25.9. The van der Waals surface area contributed by atoms with Gasteiger partial charge in [0.2, 0.25) is 0 Å². The van der Waals surface area contributed by atoms with E-state index in [1.165, 1.54) is 5.56 Å². The summed E-state index contributed by atoms with van der Waals surface area (Å²) < 4.78 is 5.44. The summed E-state index contributed by atoms with van der Waals surface area (Å²) in [5.41, 5.74) is 9.52. The van der Waals surface area contributed by atoms with Gasteiger partial charge in [-0.3, -0.25) is 15.8 Å². The third-order valence-electron chi connectivity index (χ3n) is 8.14. The average Bonchev–Trinajstić information content (AvgIpc) is 3.53. The lowest BCUT2D eigenvalue weighted by molar-refractivity contribution is 0.0488. The Bertz CT molecular complexity index is 1100. The van der Waals surface area contributed by atoms with E-state index in [1.807, 2.05) is 36.1 Å². The standard InChI is InChI=1S/C28H40N6O3/c1-4-25-24(22-15-29-30-16-22)8-9-26(31-25)33-19-28(10-12-32(13-11-28)17-20(2)35)34(27(33)36)18-21-6-5-7-23(14-21)37-3/h5-9,14,20,22,29-30,35H,4,10-13,15-19H2,1-3H3. The molecule has 2 aromatic rings. The van der Waals surface area contributed by atoms with Crippen molar-refractivity contribution < 1.29 is 14.6 Å². The molecule has 0 aliphatic carbocycles. The highest BCUT2D eigenvalue weighted by molar-refractivity contribution is 5.94. The number of nitrogens with one attached hydrogen (secondary N) is 2. The number of amides is 2. The van der Waals surface area contributed by atoms with Gasteiger partial charge < -0.3 is 19.6 Å². The number of hydrogen-bond donors (Lipinski definition) is 3. The zero-order valence-electron chi connectivity index (χ0n) is 22.2. The number of aliphatic hydroxyl groups excluding tert-OH is 1. The van der Waals surface area contributed by atoms with Crippen molar-refractivity contribution in [1.82, 2.24) is 25.6 Å². The van der Waals surface area contributed by atoms with Gasteiger partial charge in [0.1, 0.15) is 11.6 Å². The van der Waals surface area contributed by atoms with Gasteiger partial charge in [0, 0.05) is 50.9 Å². The summed E-state index contributed by atoms with van der Waals surface area (Å²) in [5.74, 6) is 1.92. The number of rotatable bonds is 8. The molecule has 3 N–H and O–H groups in total. The highest BCUT2D eigenvalue weighted by atomic mass is 16.5. The summed E-state index contributed by atoms with van der Waals surface area (Å²) in [5, 5.41) is 9.90. The third-order valence-corrected chi connectivity index (χ3v) is 8.14. The van der Waals surface area contributed by atoms with Gasteiger partial charge in [0.15, 0.2) is 0 Å². The molecule has 37 heavy (non-hydrogen) atoms. The van der Waals surface area contributed by atoms with Gasteiger partial charge in [-0.25, -0.2) is 9.78 Å². The molecular formula is C28H40N6O3. The molecule has 1 aromatic heterocycles. The van der Waals surface area contributed by atoms with Crippen LogP contribution in [0.15, 0.2) is 36.4 Å². The molecule has 200 valence electrons. The zero-order chi connectivity index (χ0) is 26.0. The minimum absolute atomic E-state index is 0.0123. The van der Waals surface area contributed by atoms with Crippen LogP contribution in [-0.4, -0.2) is 83.9 Å². The van der Waals surface area contributed by atoms with Crippen LogP contribution in [0.4, 0.5) is 10.6 Å². The molecule has 3 fully saturated rings. The zero-order valence-corrected chi connectivity index (χ0v) is 22.2. The Labute approximate surface area is 219 Å². The first-order valence-electron chi connectivity index (χ1n) is 13.5. The van der Waals surface area contributed by atoms with Crippen molar-refractivity contribution in [1.29, 1.82) is 0 Å². The molecule has 3 aliphatic heterocycles. The molecule has 3 saturated heterocycles. The highest BCUT2D eigenvalue weighted by Gasteiger charge is 2.51. The van der Waals surface area contributed by atoms with E-state index in [2.05, 4.69) is 39.7 Å². The van der Waals surface area contributed by atoms with E-state index in [0.717, 1.165) is 68.3 Å². The summed E-state index contributed by atoms with van der Waals surface area (Å²) in [6, 6.07) is 12.2. The van der Waals surface area contributed by atoms with E-state index in [0.29, 0.717) is 25.6 Å². The predicted octanol–water partition coefficient (Wildman–Crippen LogP) is 2.50. The second kappa shape index (κ2) is 10.9. The van der Waals surface area contributed by atoms with Gasteiger partial charge in [-0.15, -0.1) is 0 Å². The number of urea groups is 1. The number of benzene rings is 1. The van der Waals surface area contributed by atoms with Crippen molar-refractivity contribution in [3.8, 4) is 5.75 Å². The van der Waals surface area contributed by atoms with Crippen LogP contribution in [0.5, 0.6) is 5.75 Å². The smallest absolute Gasteiger partial charge is 0.326 e. The molecule has 5 rings (SSSR count). The van der Waals surface area contributed by atoms with Gasteiger partial charge in [0.05, 0.1) is 25.3 Å².